The fraction of sp³-hybridized carbons (Fsp3) is 0.429. The largest absolute Gasteiger partial charge is 0.497 e. The lowest BCUT2D eigenvalue weighted by molar-refractivity contribution is 0.0833. The number of nitrogens with zero attached hydrogens (tertiary/aromatic N) is 2. The lowest BCUT2D eigenvalue weighted by atomic mass is 10.1. The van der Waals surface area contributed by atoms with Crippen molar-refractivity contribution in [1.82, 2.24) is 9.88 Å². The van der Waals surface area contributed by atoms with Gasteiger partial charge in [-0.15, -0.1) is 0 Å². The third-order valence-electron chi connectivity index (χ3n) is 5.04. The Bertz CT molecular complexity index is 879. The molecule has 2 aromatic rings. The van der Waals surface area contributed by atoms with E-state index in [2.05, 4.69) is 16.4 Å². The first kappa shape index (κ1) is 17.6. The maximum Gasteiger partial charge on any atom is 0.323 e. The van der Waals surface area contributed by atoms with Crippen LogP contribution in [0.3, 0.4) is 0 Å². The van der Waals surface area contributed by atoms with Gasteiger partial charge in [0.1, 0.15) is 22.9 Å². The smallest absolute Gasteiger partial charge is 0.323 e. The van der Waals surface area contributed by atoms with Crippen molar-refractivity contribution < 1.29 is 14.3 Å². The van der Waals surface area contributed by atoms with Crippen molar-refractivity contribution in [2.24, 2.45) is 0 Å². The molecule has 2 amide bonds. The van der Waals surface area contributed by atoms with Gasteiger partial charge < -0.3 is 14.4 Å². The molecule has 27 heavy (non-hydrogen) atoms. The number of aromatic nitrogens is 1. The Balaban J connectivity index is 1.55. The minimum Gasteiger partial charge on any atom is -0.497 e. The van der Waals surface area contributed by atoms with Crippen LogP contribution in [0.4, 0.5) is 10.6 Å². The van der Waals surface area contributed by atoms with E-state index in [0.717, 1.165) is 42.0 Å². The van der Waals surface area contributed by atoms with E-state index in [1.807, 2.05) is 38.1 Å². The van der Waals surface area contributed by atoms with Crippen molar-refractivity contribution >= 4 is 11.8 Å². The number of carbonyl (C=O) groups is 1. The van der Waals surface area contributed by atoms with Crippen LogP contribution in [-0.4, -0.2) is 35.2 Å². The fourth-order valence-corrected chi connectivity index (χ4v) is 3.76. The normalized spacial score (nSPS) is 17.4. The van der Waals surface area contributed by atoms with E-state index in [-0.39, 0.29) is 6.03 Å². The molecule has 0 bridgehead atoms. The molecular formula is C21H25N3O3. The second-order valence-electron chi connectivity index (χ2n) is 7.78. The fourth-order valence-electron chi connectivity index (χ4n) is 3.76. The van der Waals surface area contributed by atoms with Crippen LogP contribution in [0.15, 0.2) is 30.3 Å². The first-order chi connectivity index (χ1) is 12.9. The molecule has 4 rings (SSSR count). The average Bonchev–Trinajstić information content (AvgIpc) is 3.04. The lowest BCUT2D eigenvalue weighted by Gasteiger charge is -2.29. The molecule has 0 unspecified atom stereocenters. The number of carbonyl (C=O) groups excluding carboxylic acids is 1. The van der Waals surface area contributed by atoms with Gasteiger partial charge in [0, 0.05) is 17.3 Å². The highest BCUT2D eigenvalue weighted by Crippen LogP contribution is 2.33. The maximum absolute atomic E-state index is 12.9. The third kappa shape index (κ3) is 3.70. The summed E-state index contributed by atoms with van der Waals surface area (Å²) in [7, 11) is 1.63. The zero-order valence-electron chi connectivity index (χ0n) is 16.0. The highest BCUT2D eigenvalue weighted by molar-refractivity contribution is 5.88. The Labute approximate surface area is 159 Å². The summed E-state index contributed by atoms with van der Waals surface area (Å²) in [6, 6.07) is 9.51. The molecule has 0 radical (unpaired) electrons. The van der Waals surface area contributed by atoms with Gasteiger partial charge in [-0.05, 0) is 56.9 Å². The molecule has 0 spiro atoms. The number of amides is 2. The van der Waals surface area contributed by atoms with Crippen LogP contribution >= 0.6 is 0 Å². The van der Waals surface area contributed by atoms with Crippen molar-refractivity contribution in [3.8, 4) is 11.5 Å². The summed E-state index contributed by atoms with van der Waals surface area (Å²) >= 11 is 0. The Morgan fingerprint density at radius 2 is 2.04 bits per heavy atom. The molecule has 6 heteroatoms. The van der Waals surface area contributed by atoms with E-state index in [1.54, 1.807) is 12.0 Å². The summed E-state index contributed by atoms with van der Waals surface area (Å²) in [4.78, 5) is 19.3. The molecule has 2 aliphatic rings. The minimum absolute atomic E-state index is 0.166. The van der Waals surface area contributed by atoms with Crippen molar-refractivity contribution in [2.45, 2.75) is 45.3 Å². The number of urea groups is 1. The molecule has 1 aromatic carbocycles. The van der Waals surface area contributed by atoms with Gasteiger partial charge in [-0.25, -0.2) is 9.78 Å². The van der Waals surface area contributed by atoms with Gasteiger partial charge in [0.25, 0.3) is 0 Å². The number of benzene rings is 1. The number of hydrogen-bond donors (Lipinski definition) is 1. The number of aryl methyl sites for hydroxylation is 2. The van der Waals surface area contributed by atoms with Crippen LogP contribution in [0.1, 0.15) is 37.1 Å². The van der Waals surface area contributed by atoms with E-state index in [9.17, 15) is 4.79 Å². The number of fused-ring (bicyclic) bond motifs is 2. The SMILES string of the molecule is COc1ccc2c(c1)OC(C)(C)CN(C(=O)Nc1ccc3c(n1)CCC3)C2. The van der Waals surface area contributed by atoms with E-state index in [0.29, 0.717) is 18.9 Å². The Kier molecular flexibility index (Phi) is 4.42. The highest BCUT2D eigenvalue weighted by atomic mass is 16.5. The molecule has 1 aliphatic heterocycles. The van der Waals surface area contributed by atoms with E-state index in [4.69, 9.17) is 9.47 Å². The van der Waals surface area contributed by atoms with Crippen LogP contribution in [0.5, 0.6) is 11.5 Å². The first-order valence-corrected chi connectivity index (χ1v) is 9.34. The number of nitrogens with one attached hydrogen (secondary N) is 1. The van der Waals surface area contributed by atoms with Crippen molar-refractivity contribution in [1.29, 1.82) is 0 Å². The van der Waals surface area contributed by atoms with Gasteiger partial charge in [0.05, 0.1) is 20.2 Å². The number of anilines is 1. The monoisotopic (exact) mass is 367 g/mol. The van der Waals surface area contributed by atoms with Crippen molar-refractivity contribution in [3.05, 3.63) is 47.2 Å². The van der Waals surface area contributed by atoms with Gasteiger partial charge in [-0.1, -0.05) is 6.07 Å². The molecule has 0 saturated carbocycles. The summed E-state index contributed by atoms with van der Waals surface area (Å²) in [6.45, 7) is 4.91. The maximum atomic E-state index is 12.9. The Morgan fingerprint density at radius 3 is 2.85 bits per heavy atom. The quantitative estimate of drug-likeness (QED) is 0.877. The standard InChI is InChI=1S/C21H25N3O3/c1-21(2)13-24(12-15-7-9-16(26-3)11-18(15)27-21)20(25)23-19-10-8-14-5-4-6-17(14)22-19/h7-11H,4-6,12-13H2,1-3H3,(H,22,23,25). The molecule has 0 saturated heterocycles. The Morgan fingerprint density at radius 1 is 1.22 bits per heavy atom. The molecule has 2 heterocycles. The summed E-state index contributed by atoms with van der Waals surface area (Å²) in [5, 5.41) is 2.96. The molecule has 142 valence electrons. The second-order valence-corrected chi connectivity index (χ2v) is 7.78. The van der Waals surface area contributed by atoms with Crippen molar-refractivity contribution in [3.63, 3.8) is 0 Å². The van der Waals surface area contributed by atoms with E-state index >= 15 is 0 Å². The van der Waals surface area contributed by atoms with Crippen LogP contribution in [0.25, 0.3) is 0 Å². The molecule has 1 aromatic heterocycles. The molecule has 1 aliphatic carbocycles. The van der Waals surface area contributed by atoms with Crippen LogP contribution in [0.2, 0.25) is 0 Å². The number of hydrogen-bond acceptors (Lipinski definition) is 4. The predicted molar refractivity (Wildman–Crippen MR) is 103 cm³/mol. The minimum atomic E-state index is -0.514. The zero-order valence-corrected chi connectivity index (χ0v) is 16.0. The van der Waals surface area contributed by atoms with Gasteiger partial charge in [-0.2, -0.15) is 0 Å². The zero-order chi connectivity index (χ0) is 19.0. The second kappa shape index (κ2) is 6.76. The molecule has 1 N–H and O–H groups in total. The van der Waals surface area contributed by atoms with Gasteiger partial charge in [0.15, 0.2) is 0 Å². The average molecular weight is 367 g/mol. The summed E-state index contributed by atoms with van der Waals surface area (Å²) in [5.74, 6) is 2.11. The van der Waals surface area contributed by atoms with Gasteiger partial charge in [0.2, 0.25) is 0 Å². The topological polar surface area (TPSA) is 63.7 Å². The number of methoxy groups -OCH3 is 1. The van der Waals surface area contributed by atoms with Crippen LogP contribution < -0.4 is 14.8 Å². The molecular weight excluding hydrogens is 342 g/mol. The van der Waals surface area contributed by atoms with Crippen molar-refractivity contribution in [2.75, 3.05) is 19.0 Å². The Hall–Kier alpha value is -2.76. The summed E-state index contributed by atoms with van der Waals surface area (Å²) in [6.07, 6.45) is 3.20. The number of rotatable bonds is 2. The predicted octanol–water partition coefficient (Wildman–Crippen LogP) is 3.78. The van der Waals surface area contributed by atoms with Crippen LogP contribution in [-0.2, 0) is 19.4 Å². The number of ether oxygens (including phenoxy) is 2. The molecule has 0 atom stereocenters. The van der Waals surface area contributed by atoms with E-state index in [1.165, 1.54) is 5.56 Å². The van der Waals surface area contributed by atoms with E-state index < -0.39 is 5.60 Å². The lowest BCUT2D eigenvalue weighted by Crippen LogP contribution is -2.44. The summed E-state index contributed by atoms with van der Waals surface area (Å²) < 4.78 is 11.5. The van der Waals surface area contributed by atoms with Gasteiger partial charge >= 0.3 is 6.03 Å². The van der Waals surface area contributed by atoms with Crippen LogP contribution in [0, 0.1) is 0 Å². The third-order valence-corrected chi connectivity index (χ3v) is 5.04. The van der Waals surface area contributed by atoms with Gasteiger partial charge in [-0.3, -0.25) is 5.32 Å². The molecule has 0 fully saturated rings. The number of pyridine rings is 1. The highest BCUT2D eigenvalue weighted by Gasteiger charge is 2.32. The molecule has 6 nitrogen and oxygen atoms in total. The first-order valence-electron chi connectivity index (χ1n) is 9.34. The summed E-state index contributed by atoms with van der Waals surface area (Å²) in [5.41, 5.74) is 2.84.